The lowest BCUT2D eigenvalue weighted by Crippen LogP contribution is -2.37. The molecular formula is C17H35N. The number of hydrogen-bond donors (Lipinski definition) is 1. The molecule has 0 aromatic rings. The SMILES string of the molecule is CCCCCCCCC1(CN)CCC(C)(C)CC1. The average molecular weight is 253 g/mol. The summed E-state index contributed by atoms with van der Waals surface area (Å²) in [5.41, 5.74) is 7.16. The number of hydrogen-bond acceptors (Lipinski definition) is 1. The highest BCUT2D eigenvalue weighted by atomic mass is 14.6. The Morgan fingerprint density at radius 1 is 0.833 bits per heavy atom. The molecule has 1 rings (SSSR count). The van der Waals surface area contributed by atoms with Crippen LogP contribution in [0.15, 0.2) is 0 Å². The van der Waals surface area contributed by atoms with Crippen LogP contribution in [-0.2, 0) is 0 Å². The van der Waals surface area contributed by atoms with E-state index < -0.39 is 0 Å². The Hall–Kier alpha value is -0.0400. The molecule has 0 heterocycles. The maximum atomic E-state index is 6.09. The first kappa shape index (κ1) is 16.0. The van der Waals surface area contributed by atoms with Crippen LogP contribution < -0.4 is 5.73 Å². The van der Waals surface area contributed by atoms with Gasteiger partial charge in [-0.2, -0.15) is 0 Å². The smallest absolute Gasteiger partial charge is 0.00205 e. The van der Waals surface area contributed by atoms with Crippen LogP contribution in [0, 0.1) is 10.8 Å². The van der Waals surface area contributed by atoms with Gasteiger partial charge < -0.3 is 5.73 Å². The van der Waals surface area contributed by atoms with Crippen LogP contribution in [0.3, 0.4) is 0 Å². The molecule has 0 aromatic heterocycles. The first-order chi connectivity index (χ1) is 8.54. The van der Waals surface area contributed by atoms with Crippen molar-refractivity contribution in [3.05, 3.63) is 0 Å². The molecule has 1 nitrogen and oxygen atoms in total. The average Bonchev–Trinajstić information content (AvgIpc) is 2.36. The van der Waals surface area contributed by atoms with Gasteiger partial charge in [0.05, 0.1) is 0 Å². The minimum absolute atomic E-state index is 0.500. The van der Waals surface area contributed by atoms with Crippen molar-refractivity contribution in [3.8, 4) is 0 Å². The molecule has 108 valence electrons. The van der Waals surface area contributed by atoms with Gasteiger partial charge in [0.2, 0.25) is 0 Å². The van der Waals surface area contributed by atoms with Crippen LogP contribution >= 0.6 is 0 Å². The van der Waals surface area contributed by atoms with E-state index in [0.717, 1.165) is 6.54 Å². The Balaban J connectivity index is 2.21. The first-order valence-electron chi connectivity index (χ1n) is 8.24. The lowest BCUT2D eigenvalue weighted by molar-refractivity contribution is 0.0966. The Kier molecular flexibility index (Phi) is 6.70. The lowest BCUT2D eigenvalue weighted by atomic mass is 9.63. The summed E-state index contributed by atoms with van der Waals surface area (Å²) in [6, 6.07) is 0. The second-order valence-electron chi connectivity index (χ2n) is 7.39. The second-order valence-corrected chi connectivity index (χ2v) is 7.39. The Morgan fingerprint density at radius 2 is 1.39 bits per heavy atom. The van der Waals surface area contributed by atoms with Crippen molar-refractivity contribution < 1.29 is 0 Å². The van der Waals surface area contributed by atoms with Crippen LogP contribution in [-0.4, -0.2) is 6.54 Å². The highest BCUT2D eigenvalue weighted by Gasteiger charge is 2.36. The number of nitrogens with two attached hydrogens (primary N) is 1. The summed E-state index contributed by atoms with van der Waals surface area (Å²) >= 11 is 0. The molecule has 0 amide bonds. The molecule has 0 atom stereocenters. The van der Waals surface area contributed by atoms with Gasteiger partial charge in [0.1, 0.15) is 0 Å². The Bertz CT molecular complexity index is 210. The molecule has 0 bridgehead atoms. The van der Waals surface area contributed by atoms with Gasteiger partial charge >= 0.3 is 0 Å². The molecule has 2 N–H and O–H groups in total. The molecule has 1 aliphatic carbocycles. The highest BCUT2D eigenvalue weighted by Crippen LogP contribution is 2.47. The van der Waals surface area contributed by atoms with Crippen molar-refractivity contribution in [1.29, 1.82) is 0 Å². The molecule has 1 saturated carbocycles. The third-order valence-corrected chi connectivity index (χ3v) is 5.16. The molecule has 18 heavy (non-hydrogen) atoms. The van der Waals surface area contributed by atoms with Crippen molar-refractivity contribution in [2.45, 2.75) is 91.4 Å². The van der Waals surface area contributed by atoms with Crippen molar-refractivity contribution in [1.82, 2.24) is 0 Å². The van der Waals surface area contributed by atoms with Crippen LogP contribution in [0.4, 0.5) is 0 Å². The van der Waals surface area contributed by atoms with E-state index in [1.807, 2.05) is 0 Å². The van der Waals surface area contributed by atoms with E-state index in [0.29, 0.717) is 10.8 Å². The van der Waals surface area contributed by atoms with E-state index in [9.17, 15) is 0 Å². The Labute approximate surface area is 115 Å². The minimum Gasteiger partial charge on any atom is -0.330 e. The van der Waals surface area contributed by atoms with E-state index >= 15 is 0 Å². The van der Waals surface area contributed by atoms with E-state index in [-0.39, 0.29) is 0 Å². The molecular weight excluding hydrogens is 218 g/mol. The van der Waals surface area contributed by atoms with Gasteiger partial charge in [-0.05, 0) is 49.5 Å². The quantitative estimate of drug-likeness (QED) is 0.585. The van der Waals surface area contributed by atoms with E-state index in [2.05, 4.69) is 20.8 Å². The van der Waals surface area contributed by atoms with Gasteiger partial charge in [-0.1, -0.05) is 59.3 Å². The van der Waals surface area contributed by atoms with Gasteiger partial charge in [0.25, 0.3) is 0 Å². The van der Waals surface area contributed by atoms with Gasteiger partial charge in [-0.25, -0.2) is 0 Å². The fourth-order valence-corrected chi connectivity index (χ4v) is 3.29. The molecule has 1 aliphatic rings. The molecule has 1 heteroatoms. The molecule has 0 aromatic carbocycles. The summed E-state index contributed by atoms with van der Waals surface area (Å²) in [5, 5.41) is 0. The fourth-order valence-electron chi connectivity index (χ4n) is 3.29. The molecule has 0 unspecified atom stereocenters. The topological polar surface area (TPSA) is 26.0 Å². The molecule has 0 spiro atoms. The Morgan fingerprint density at radius 3 is 1.94 bits per heavy atom. The van der Waals surface area contributed by atoms with E-state index in [4.69, 9.17) is 5.73 Å². The van der Waals surface area contributed by atoms with Gasteiger partial charge in [0.15, 0.2) is 0 Å². The normalized spacial score (nSPS) is 22.0. The number of rotatable bonds is 8. The summed E-state index contributed by atoms with van der Waals surface area (Å²) in [6.07, 6.45) is 15.3. The first-order valence-corrected chi connectivity index (χ1v) is 8.24. The largest absolute Gasteiger partial charge is 0.330 e. The zero-order valence-electron chi connectivity index (χ0n) is 13.1. The highest BCUT2D eigenvalue weighted by molar-refractivity contribution is 4.89. The van der Waals surface area contributed by atoms with Crippen LogP contribution in [0.2, 0.25) is 0 Å². The molecule has 0 aliphatic heterocycles. The zero-order chi connectivity index (χ0) is 13.5. The third kappa shape index (κ3) is 5.30. The predicted molar refractivity (Wildman–Crippen MR) is 81.7 cm³/mol. The van der Waals surface area contributed by atoms with Crippen molar-refractivity contribution in [2.75, 3.05) is 6.54 Å². The monoisotopic (exact) mass is 253 g/mol. The third-order valence-electron chi connectivity index (χ3n) is 5.16. The number of unbranched alkanes of at least 4 members (excludes halogenated alkanes) is 5. The predicted octanol–water partition coefficient (Wildman–Crippen LogP) is 5.28. The lowest BCUT2D eigenvalue weighted by Gasteiger charge is -2.43. The molecule has 0 saturated heterocycles. The summed E-state index contributed by atoms with van der Waals surface area (Å²) in [5.74, 6) is 0. The fraction of sp³-hybridized carbons (Fsp3) is 1.00. The van der Waals surface area contributed by atoms with Crippen LogP contribution in [0.5, 0.6) is 0 Å². The maximum Gasteiger partial charge on any atom is -0.00205 e. The van der Waals surface area contributed by atoms with Gasteiger partial charge in [-0.3, -0.25) is 0 Å². The minimum atomic E-state index is 0.500. The standard InChI is InChI=1S/C17H35N/c1-4-5-6-7-8-9-10-17(15-18)13-11-16(2,3)12-14-17/h4-15,18H2,1-3H3. The zero-order valence-corrected chi connectivity index (χ0v) is 13.1. The van der Waals surface area contributed by atoms with Gasteiger partial charge in [0, 0.05) is 0 Å². The van der Waals surface area contributed by atoms with E-state index in [1.165, 1.54) is 70.6 Å². The van der Waals surface area contributed by atoms with E-state index in [1.54, 1.807) is 0 Å². The van der Waals surface area contributed by atoms with Crippen LogP contribution in [0.1, 0.15) is 91.4 Å². The van der Waals surface area contributed by atoms with Crippen molar-refractivity contribution in [3.63, 3.8) is 0 Å². The summed E-state index contributed by atoms with van der Waals surface area (Å²) in [6.45, 7) is 8.03. The van der Waals surface area contributed by atoms with Crippen molar-refractivity contribution >= 4 is 0 Å². The summed E-state index contributed by atoms with van der Waals surface area (Å²) in [4.78, 5) is 0. The maximum absolute atomic E-state index is 6.09. The van der Waals surface area contributed by atoms with Crippen molar-refractivity contribution in [2.24, 2.45) is 16.6 Å². The second kappa shape index (κ2) is 7.53. The summed E-state index contributed by atoms with van der Waals surface area (Å²) in [7, 11) is 0. The molecule has 0 radical (unpaired) electrons. The molecule has 1 fully saturated rings. The summed E-state index contributed by atoms with van der Waals surface area (Å²) < 4.78 is 0. The van der Waals surface area contributed by atoms with Gasteiger partial charge in [-0.15, -0.1) is 0 Å². The van der Waals surface area contributed by atoms with Crippen LogP contribution in [0.25, 0.3) is 0 Å².